The second-order valence-corrected chi connectivity index (χ2v) is 10.3. The SMILES string of the molecule is COc1cc(SC)ccc1N(C)CC#Cc1cc2c(NC3CCN(C)CC3)cccc2n1CC(F)(F)F. The van der Waals surface area contributed by atoms with E-state index in [2.05, 4.69) is 29.1 Å². The highest BCUT2D eigenvalue weighted by Crippen LogP contribution is 2.33. The van der Waals surface area contributed by atoms with Crippen LogP contribution in [0.1, 0.15) is 18.5 Å². The third kappa shape index (κ3) is 6.68. The number of alkyl halides is 3. The van der Waals surface area contributed by atoms with Gasteiger partial charge >= 0.3 is 6.18 Å². The number of rotatable bonds is 7. The normalized spacial score (nSPS) is 14.9. The number of hydrogen-bond donors (Lipinski definition) is 1. The lowest BCUT2D eigenvalue weighted by molar-refractivity contribution is -0.140. The van der Waals surface area contributed by atoms with E-state index < -0.39 is 12.7 Å². The molecule has 1 aliphatic heterocycles. The van der Waals surface area contributed by atoms with Crippen LogP contribution in [0.15, 0.2) is 47.4 Å². The summed E-state index contributed by atoms with van der Waals surface area (Å²) in [6, 6.07) is 13.5. The van der Waals surface area contributed by atoms with Crippen LogP contribution in [0.25, 0.3) is 10.9 Å². The van der Waals surface area contributed by atoms with E-state index in [0.29, 0.717) is 23.8 Å². The fraction of sp³-hybridized carbons (Fsp3) is 0.429. The third-order valence-electron chi connectivity index (χ3n) is 6.69. The molecule has 0 aliphatic carbocycles. The lowest BCUT2D eigenvalue weighted by atomic mass is 10.0. The molecule has 1 fully saturated rings. The molecule has 0 amide bonds. The number of nitrogens with zero attached hydrogens (tertiary/aromatic N) is 3. The van der Waals surface area contributed by atoms with Gasteiger partial charge in [-0.2, -0.15) is 13.2 Å². The molecule has 1 N–H and O–H groups in total. The van der Waals surface area contributed by atoms with Gasteiger partial charge in [-0.3, -0.25) is 0 Å². The number of aromatic nitrogens is 1. The summed E-state index contributed by atoms with van der Waals surface area (Å²) >= 11 is 1.63. The average molecular weight is 531 g/mol. The number of hydrogen-bond acceptors (Lipinski definition) is 5. The minimum atomic E-state index is -4.36. The number of halogens is 3. The van der Waals surface area contributed by atoms with Gasteiger partial charge in [0.05, 0.1) is 30.6 Å². The van der Waals surface area contributed by atoms with E-state index in [9.17, 15) is 13.2 Å². The zero-order valence-corrected chi connectivity index (χ0v) is 22.5. The predicted octanol–water partition coefficient (Wildman–Crippen LogP) is 5.93. The van der Waals surface area contributed by atoms with Crippen molar-refractivity contribution >= 4 is 34.0 Å². The van der Waals surface area contributed by atoms with Gasteiger partial charge in [0.15, 0.2) is 0 Å². The largest absolute Gasteiger partial charge is 0.495 e. The molecule has 1 aliphatic rings. The smallest absolute Gasteiger partial charge is 0.406 e. The van der Waals surface area contributed by atoms with Crippen LogP contribution in [0.3, 0.4) is 0 Å². The highest BCUT2D eigenvalue weighted by atomic mass is 32.2. The van der Waals surface area contributed by atoms with Gasteiger partial charge in [-0.25, -0.2) is 0 Å². The van der Waals surface area contributed by atoms with Crippen LogP contribution in [-0.4, -0.2) is 68.8 Å². The lowest BCUT2D eigenvalue weighted by Crippen LogP contribution is -2.36. The topological polar surface area (TPSA) is 32.7 Å². The van der Waals surface area contributed by atoms with Crippen LogP contribution in [0.2, 0.25) is 0 Å². The molecule has 2 heterocycles. The number of nitrogens with one attached hydrogen (secondary N) is 1. The highest BCUT2D eigenvalue weighted by Gasteiger charge is 2.30. The third-order valence-corrected chi connectivity index (χ3v) is 7.42. The maximum atomic E-state index is 13.5. The molecule has 0 radical (unpaired) electrons. The van der Waals surface area contributed by atoms with Crippen molar-refractivity contribution in [2.45, 2.75) is 36.5 Å². The molecule has 4 rings (SSSR count). The average Bonchev–Trinajstić information content (AvgIpc) is 3.21. The molecule has 0 saturated carbocycles. The summed E-state index contributed by atoms with van der Waals surface area (Å²) in [6.45, 7) is 1.25. The molecule has 5 nitrogen and oxygen atoms in total. The summed E-state index contributed by atoms with van der Waals surface area (Å²) in [5, 5.41) is 4.33. The molecule has 0 unspecified atom stereocenters. The van der Waals surface area contributed by atoms with E-state index in [1.165, 1.54) is 4.57 Å². The van der Waals surface area contributed by atoms with Gasteiger partial charge < -0.3 is 24.4 Å². The number of likely N-dealkylation sites (tertiary alicyclic amines) is 1. The summed E-state index contributed by atoms with van der Waals surface area (Å²) in [4.78, 5) is 5.30. The lowest BCUT2D eigenvalue weighted by Gasteiger charge is -2.30. The number of methoxy groups -OCH3 is 1. The first kappa shape index (κ1) is 27.1. The molecule has 1 saturated heterocycles. The van der Waals surface area contributed by atoms with E-state index in [4.69, 9.17) is 4.74 Å². The van der Waals surface area contributed by atoms with Crippen LogP contribution < -0.4 is 15.0 Å². The van der Waals surface area contributed by atoms with Gasteiger partial charge in [0.2, 0.25) is 0 Å². The van der Waals surface area contributed by atoms with Gasteiger partial charge in [0.1, 0.15) is 12.3 Å². The quantitative estimate of drug-likeness (QED) is 0.303. The van der Waals surface area contributed by atoms with Crippen molar-refractivity contribution in [3.05, 3.63) is 48.2 Å². The predicted molar refractivity (Wildman–Crippen MR) is 147 cm³/mol. The summed E-state index contributed by atoms with van der Waals surface area (Å²) in [7, 11) is 5.61. The molecular weight excluding hydrogens is 497 g/mol. The first-order chi connectivity index (χ1) is 17.7. The first-order valence-electron chi connectivity index (χ1n) is 12.2. The van der Waals surface area contributed by atoms with Gasteiger partial charge in [0.25, 0.3) is 0 Å². The summed E-state index contributed by atoms with van der Waals surface area (Å²) in [6.07, 6.45) is -0.367. The van der Waals surface area contributed by atoms with Crippen LogP contribution in [-0.2, 0) is 6.54 Å². The van der Waals surface area contributed by atoms with Crippen molar-refractivity contribution < 1.29 is 17.9 Å². The minimum absolute atomic E-state index is 0.295. The van der Waals surface area contributed by atoms with Crippen LogP contribution in [0, 0.1) is 11.8 Å². The zero-order valence-electron chi connectivity index (χ0n) is 21.7. The van der Waals surface area contributed by atoms with Gasteiger partial charge in [-0.1, -0.05) is 12.0 Å². The Kier molecular flexibility index (Phi) is 8.50. The van der Waals surface area contributed by atoms with Crippen molar-refractivity contribution in [3.63, 3.8) is 0 Å². The Morgan fingerprint density at radius 1 is 1.16 bits per heavy atom. The fourth-order valence-corrected chi connectivity index (χ4v) is 5.10. The van der Waals surface area contributed by atoms with E-state index in [0.717, 1.165) is 53.3 Å². The number of thioether (sulfide) groups is 1. The Balaban J connectivity index is 1.62. The Hall–Kier alpha value is -2.96. The number of benzene rings is 2. The maximum absolute atomic E-state index is 13.5. The van der Waals surface area contributed by atoms with Crippen LogP contribution in [0.4, 0.5) is 24.5 Å². The standard InChI is InChI=1S/C28H33F3N4OS/c1-33-15-12-20(13-16-33)32-24-8-5-9-25-23(24)17-21(35(25)19-28(29,30)31)7-6-14-34(2)26-11-10-22(37-4)18-27(26)36-3/h5,8-11,17-18,20,32H,12-16,19H2,1-4H3. The number of ether oxygens (including phenoxy) is 1. The molecule has 1 aromatic heterocycles. The molecule has 2 aromatic carbocycles. The van der Waals surface area contributed by atoms with Gasteiger partial charge in [0, 0.05) is 29.1 Å². The van der Waals surface area contributed by atoms with Gasteiger partial charge in [-0.05, 0) is 81.6 Å². The molecule has 3 aromatic rings. The van der Waals surface area contributed by atoms with Crippen LogP contribution >= 0.6 is 11.8 Å². The number of anilines is 2. The van der Waals surface area contributed by atoms with E-state index in [-0.39, 0.29) is 0 Å². The fourth-order valence-electron chi connectivity index (χ4n) is 4.67. The molecule has 9 heteroatoms. The molecular formula is C28H33F3N4OS. The van der Waals surface area contributed by atoms with Crippen molar-refractivity contribution in [2.75, 3.05) is 57.3 Å². The molecule has 0 spiro atoms. The molecule has 0 atom stereocenters. The second kappa shape index (κ2) is 11.6. The summed E-state index contributed by atoms with van der Waals surface area (Å²) in [5.74, 6) is 6.82. The monoisotopic (exact) mass is 530 g/mol. The van der Waals surface area contributed by atoms with E-state index in [1.54, 1.807) is 31.0 Å². The maximum Gasteiger partial charge on any atom is 0.406 e. The van der Waals surface area contributed by atoms with E-state index >= 15 is 0 Å². The Labute approximate surface area is 220 Å². The number of piperidine rings is 1. The summed E-state index contributed by atoms with van der Waals surface area (Å²) < 4.78 is 47.4. The minimum Gasteiger partial charge on any atom is -0.495 e. The molecule has 0 bridgehead atoms. The number of fused-ring (bicyclic) bond motifs is 1. The van der Waals surface area contributed by atoms with Crippen molar-refractivity contribution in [1.82, 2.24) is 9.47 Å². The van der Waals surface area contributed by atoms with E-state index in [1.807, 2.05) is 48.5 Å². The molecule has 37 heavy (non-hydrogen) atoms. The van der Waals surface area contributed by atoms with Crippen molar-refractivity contribution in [2.24, 2.45) is 0 Å². The Morgan fingerprint density at radius 3 is 2.59 bits per heavy atom. The Bertz CT molecular complexity index is 1290. The Morgan fingerprint density at radius 2 is 1.92 bits per heavy atom. The van der Waals surface area contributed by atoms with Crippen LogP contribution in [0.5, 0.6) is 5.75 Å². The second-order valence-electron chi connectivity index (χ2n) is 9.39. The zero-order chi connectivity index (χ0) is 26.6. The first-order valence-corrected chi connectivity index (χ1v) is 13.5. The van der Waals surface area contributed by atoms with Crippen molar-refractivity contribution in [3.8, 4) is 17.6 Å². The molecule has 198 valence electrons. The van der Waals surface area contributed by atoms with Gasteiger partial charge in [-0.15, -0.1) is 11.8 Å². The summed E-state index contributed by atoms with van der Waals surface area (Å²) in [5.41, 5.74) is 2.60. The highest BCUT2D eigenvalue weighted by molar-refractivity contribution is 7.98. The van der Waals surface area contributed by atoms with Crippen molar-refractivity contribution in [1.29, 1.82) is 0 Å².